The molecule has 5 heteroatoms. The van der Waals surface area contributed by atoms with Gasteiger partial charge in [0.25, 0.3) is 0 Å². The van der Waals surface area contributed by atoms with Gasteiger partial charge in [-0.3, -0.25) is 4.79 Å². The minimum absolute atomic E-state index is 0.0220. The van der Waals surface area contributed by atoms with Gasteiger partial charge < -0.3 is 16.0 Å². The van der Waals surface area contributed by atoms with Crippen molar-refractivity contribution in [3.63, 3.8) is 0 Å². The number of hydrogen-bond acceptors (Lipinski definition) is 4. The van der Waals surface area contributed by atoms with Gasteiger partial charge in [0, 0.05) is 12.6 Å². The fourth-order valence-corrected chi connectivity index (χ4v) is 1.79. The molecule has 0 aliphatic heterocycles. The molecule has 0 aromatic heterocycles. The van der Waals surface area contributed by atoms with Crippen LogP contribution >= 0.6 is 11.8 Å². The van der Waals surface area contributed by atoms with Gasteiger partial charge in [-0.1, -0.05) is 0 Å². The Morgan fingerprint density at radius 1 is 1.47 bits per heavy atom. The van der Waals surface area contributed by atoms with Crippen LogP contribution in [-0.2, 0) is 4.79 Å². The molecular weight excluding hydrogens is 234 g/mol. The number of nitrogens with one attached hydrogen (secondary N) is 1. The maximum Gasteiger partial charge on any atom is 0.236 e. The summed E-state index contributed by atoms with van der Waals surface area (Å²) in [5, 5.41) is 2.89. The highest BCUT2D eigenvalue weighted by Crippen LogP contribution is 1.99. The first kappa shape index (κ1) is 16.7. The second-order valence-electron chi connectivity index (χ2n) is 4.61. The van der Waals surface area contributed by atoms with Gasteiger partial charge in [-0.25, -0.2) is 0 Å². The second-order valence-corrected chi connectivity index (χ2v) is 5.59. The fourth-order valence-electron chi connectivity index (χ4n) is 1.31. The van der Waals surface area contributed by atoms with E-state index in [1.54, 1.807) is 11.8 Å². The van der Waals surface area contributed by atoms with Gasteiger partial charge in [-0.2, -0.15) is 11.8 Å². The lowest BCUT2D eigenvalue weighted by Gasteiger charge is -2.21. The van der Waals surface area contributed by atoms with Gasteiger partial charge in [-0.05, 0) is 52.3 Å². The van der Waals surface area contributed by atoms with E-state index in [1.807, 2.05) is 6.26 Å². The third-order valence-corrected chi connectivity index (χ3v) is 3.48. The van der Waals surface area contributed by atoms with Crippen molar-refractivity contribution in [1.82, 2.24) is 10.2 Å². The normalized spacial score (nSPS) is 13.1. The highest BCUT2D eigenvalue weighted by Gasteiger charge is 2.11. The van der Waals surface area contributed by atoms with E-state index >= 15 is 0 Å². The summed E-state index contributed by atoms with van der Waals surface area (Å²) in [6, 6.07) is 0.194. The highest BCUT2D eigenvalue weighted by atomic mass is 32.2. The molecular formula is C12H27N3OS. The number of nitrogens with zero attached hydrogens (tertiary/aromatic N) is 1. The molecule has 102 valence electrons. The zero-order valence-electron chi connectivity index (χ0n) is 11.5. The quantitative estimate of drug-likeness (QED) is 0.606. The third-order valence-electron chi connectivity index (χ3n) is 2.84. The minimum Gasteiger partial charge on any atom is -0.355 e. The van der Waals surface area contributed by atoms with E-state index in [2.05, 4.69) is 31.1 Å². The van der Waals surface area contributed by atoms with Crippen LogP contribution < -0.4 is 11.1 Å². The van der Waals surface area contributed by atoms with Gasteiger partial charge in [0.05, 0.1) is 6.04 Å². The lowest BCUT2D eigenvalue weighted by Crippen LogP contribution is -2.42. The van der Waals surface area contributed by atoms with Crippen LogP contribution in [0.5, 0.6) is 0 Å². The Hall–Kier alpha value is -0.260. The Labute approximate surface area is 110 Å². The molecule has 0 aromatic carbocycles. The van der Waals surface area contributed by atoms with Crippen LogP contribution in [0.3, 0.4) is 0 Å². The first-order valence-electron chi connectivity index (χ1n) is 6.21. The van der Waals surface area contributed by atoms with E-state index in [9.17, 15) is 4.79 Å². The van der Waals surface area contributed by atoms with Crippen LogP contribution in [-0.4, -0.2) is 55.0 Å². The van der Waals surface area contributed by atoms with Gasteiger partial charge in [-0.15, -0.1) is 0 Å². The Kier molecular flexibility index (Phi) is 9.59. The van der Waals surface area contributed by atoms with Crippen LogP contribution in [0.4, 0.5) is 0 Å². The monoisotopic (exact) mass is 261 g/mol. The summed E-state index contributed by atoms with van der Waals surface area (Å²) in [5.74, 6) is 0.913. The molecule has 0 unspecified atom stereocenters. The SMILES string of the molecule is CSCC[C@@H](N)C(=O)NCCCN(C)C(C)C. The average Bonchev–Trinajstić information content (AvgIpc) is 2.30. The number of carbonyl (C=O) groups excluding carboxylic acids is 1. The molecule has 0 saturated carbocycles. The van der Waals surface area contributed by atoms with E-state index in [0.29, 0.717) is 12.6 Å². The molecule has 17 heavy (non-hydrogen) atoms. The summed E-state index contributed by atoms with van der Waals surface area (Å²) in [4.78, 5) is 13.8. The lowest BCUT2D eigenvalue weighted by atomic mass is 10.2. The summed E-state index contributed by atoms with van der Waals surface area (Å²) < 4.78 is 0. The van der Waals surface area contributed by atoms with Gasteiger partial charge in [0.15, 0.2) is 0 Å². The van der Waals surface area contributed by atoms with Gasteiger partial charge >= 0.3 is 0 Å². The molecule has 3 N–H and O–H groups in total. The molecule has 0 radical (unpaired) electrons. The number of thioether (sulfide) groups is 1. The number of carbonyl (C=O) groups is 1. The first-order chi connectivity index (χ1) is 7.99. The predicted molar refractivity (Wildman–Crippen MR) is 76.4 cm³/mol. The first-order valence-corrected chi connectivity index (χ1v) is 7.61. The van der Waals surface area contributed by atoms with Crippen LogP contribution in [0, 0.1) is 0 Å². The zero-order valence-corrected chi connectivity index (χ0v) is 12.3. The lowest BCUT2D eigenvalue weighted by molar-refractivity contribution is -0.122. The van der Waals surface area contributed by atoms with Crippen molar-refractivity contribution < 1.29 is 4.79 Å². The molecule has 0 rings (SSSR count). The summed E-state index contributed by atoms with van der Waals surface area (Å²) in [5.41, 5.74) is 5.76. The smallest absolute Gasteiger partial charge is 0.236 e. The van der Waals surface area contributed by atoms with Crippen LogP contribution in [0.25, 0.3) is 0 Å². The van der Waals surface area contributed by atoms with Crippen LogP contribution in [0.15, 0.2) is 0 Å². The molecule has 0 aliphatic rings. The molecule has 1 amide bonds. The standard InChI is InChI=1S/C12H27N3OS/c1-10(2)15(3)8-5-7-14-12(16)11(13)6-9-17-4/h10-11H,5-9,13H2,1-4H3,(H,14,16)/t11-/m1/s1. The predicted octanol–water partition coefficient (Wildman–Crippen LogP) is 0.913. The topological polar surface area (TPSA) is 58.4 Å². The third kappa shape index (κ3) is 8.46. The molecule has 4 nitrogen and oxygen atoms in total. The van der Waals surface area contributed by atoms with Crippen molar-refractivity contribution in [3.05, 3.63) is 0 Å². The van der Waals surface area contributed by atoms with E-state index in [0.717, 1.165) is 25.1 Å². The van der Waals surface area contributed by atoms with Crippen LogP contribution in [0.1, 0.15) is 26.7 Å². The Morgan fingerprint density at radius 2 is 2.12 bits per heavy atom. The van der Waals surface area contributed by atoms with Crippen molar-refractivity contribution in [3.8, 4) is 0 Å². The number of hydrogen-bond donors (Lipinski definition) is 2. The molecule has 0 aliphatic carbocycles. The van der Waals surface area contributed by atoms with E-state index < -0.39 is 0 Å². The van der Waals surface area contributed by atoms with Crippen molar-refractivity contribution in [2.75, 3.05) is 32.1 Å². The fraction of sp³-hybridized carbons (Fsp3) is 0.917. The van der Waals surface area contributed by atoms with Crippen molar-refractivity contribution in [1.29, 1.82) is 0 Å². The number of rotatable bonds is 9. The zero-order chi connectivity index (χ0) is 13.3. The summed E-state index contributed by atoms with van der Waals surface area (Å²) >= 11 is 1.72. The molecule has 0 saturated heterocycles. The Bertz CT molecular complexity index is 212. The average molecular weight is 261 g/mol. The van der Waals surface area contributed by atoms with E-state index in [-0.39, 0.29) is 11.9 Å². The largest absolute Gasteiger partial charge is 0.355 e. The maximum absolute atomic E-state index is 11.6. The van der Waals surface area contributed by atoms with Gasteiger partial charge in [0.2, 0.25) is 5.91 Å². The maximum atomic E-state index is 11.6. The molecule has 0 aromatic rings. The van der Waals surface area contributed by atoms with Crippen molar-refractivity contribution in [2.45, 2.75) is 38.8 Å². The Morgan fingerprint density at radius 3 is 2.65 bits per heavy atom. The number of nitrogens with two attached hydrogens (primary N) is 1. The summed E-state index contributed by atoms with van der Waals surface area (Å²) in [6.45, 7) is 6.04. The molecule has 0 heterocycles. The van der Waals surface area contributed by atoms with Crippen molar-refractivity contribution in [2.24, 2.45) is 5.73 Å². The van der Waals surface area contributed by atoms with Gasteiger partial charge in [0.1, 0.15) is 0 Å². The number of amides is 1. The minimum atomic E-state index is -0.356. The van der Waals surface area contributed by atoms with Crippen molar-refractivity contribution >= 4 is 17.7 Å². The molecule has 0 bridgehead atoms. The van der Waals surface area contributed by atoms with E-state index in [4.69, 9.17) is 5.73 Å². The summed E-state index contributed by atoms with van der Waals surface area (Å²) in [7, 11) is 2.09. The molecule has 0 spiro atoms. The Balaban J connectivity index is 3.57. The molecule has 0 fully saturated rings. The van der Waals surface area contributed by atoms with Crippen LogP contribution in [0.2, 0.25) is 0 Å². The summed E-state index contributed by atoms with van der Waals surface area (Å²) in [6.07, 6.45) is 3.74. The highest BCUT2D eigenvalue weighted by molar-refractivity contribution is 7.98. The second kappa shape index (κ2) is 9.74. The van der Waals surface area contributed by atoms with E-state index in [1.165, 1.54) is 0 Å². The molecule has 1 atom stereocenters.